The molecule has 0 N–H and O–H groups in total. The highest BCUT2D eigenvalue weighted by molar-refractivity contribution is 5.90. The van der Waals surface area contributed by atoms with Crippen molar-refractivity contribution in [3.05, 3.63) is 46.5 Å². The van der Waals surface area contributed by atoms with E-state index < -0.39 is 0 Å². The maximum Gasteiger partial charge on any atom is 0.0669 e. The Morgan fingerprint density at radius 3 is 1.39 bits per heavy atom. The van der Waals surface area contributed by atoms with Crippen molar-refractivity contribution in [1.29, 1.82) is 10.5 Å². The largest absolute Gasteiger partial charge is 0.198 e. The van der Waals surface area contributed by atoms with E-state index in [1.165, 1.54) is 84.4 Å². The van der Waals surface area contributed by atoms with E-state index in [9.17, 15) is 10.5 Å². The fourth-order valence-corrected chi connectivity index (χ4v) is 4.17. The lowest BCUT2D eigenvalue weighted by atomic mass is 9.87. The van der Waals surface area contributed by atoms with Crippen molar-refractivity contribution in [2.75, 3.05) is 0 Å². The molecule has 0 aliphatic carbocycles. The molecule has 0 spiro atoms. The normalized spacial score (nSPS) is 10.7. The molecule has 0 fully saturated rings. The first kappa shape index (κ1) is 22.0. The summed E-state index contributed by atoms with van der Waals surface area (Å²) in [5.74, 6) is 0. The van der Waals surface area contributed by atoms with E-state index in [0.29, 0.717) is 12.8 Å². The second-order valence-electron chi connectivity index (χ2n) is 7.79. The standard InChI is InChI=1S/C26H34N2/c1-3-5-7-9-11-23-21(17-19-27)13-16-26-24(12-10-8-6-4-2)22(18-20-28)14-15-25(23)26/h13-16H,3-12,17-18H2,1-2H3. The first-order valence-electron chi connectivity index (χ1n) is 11.1. The van der Waals surface area contributed by atoms with Crippen LogP contribution in [-0.2, 0) is 25.7 Å². The highest BCUT2D eigenvalue weighted by Gasteiger charge is 2.13. The van der Waals surface area contributed by atoms with Crippen LogP contribution in [0.5, 0.6) is 0 Å². The van der Waals surface area contributed by atoms with Gasteiger partial charge in [-0.1, -0.05) is 76.6 Å². The van der Waals surface area contributed by atoms with Gasteiger partial charge in [-0.2, -0.15) is 10.5 Å². The third-order valence-electron chi connectivity index (χ3n) is 5.72. The van der Waals surface area contributed by atoms with Gasteiger partial charge in [0.05, 0.1) is 25.0 Å². The Bertz CT molecular complexity index is 765. The zero-order chi connectivity index (χ0) is 20.2. The molecule has 0 radical (unpaired) electrons. The van der Waals surface area contributed by atoms with E-state index >= 15 is 0 Å². The first-order valence-corrected chi connectivity index (χ1v) is 11.1. The van der Waals surface area contributed by atoms with Gasteiger partial charge >= 0.3 is 0 Å². The zero-order valence-corrected chi connectivity index (χ0v) is 17.7. The Morgan fingerprint density at radius 1 is 0.607 bits per heavy atom. The molecule has 0 aliphatic rings. The molecule has 0 bridgehead atoms. The van der Waals surface area contributed by atoms with Crippen LogP contribution in [0.25, 0.3) is 10.8 Å². The van der Waals surface area contributed by atoms with E-state index in [1.54, 1.807) is 0 Å². The van der Waals surface area contributed by atoms with Gasteiger partial charge in [-0.25, -0.2) is 0 Å². The summed E-state index contributed by atoms with van der Waals surface area (Å²) in [6.07, 6.45) is 12.9. The number of rotatable bonds is 12. The number of benzene rings is 2. The summed E-state index contributed by atoms with van der Waals surface area (Å²) in [7, 11) is 0. The summed E-state index contributed by atoms with van der Waals surface area (Å²) in [6, 6.07) is 13.4. The van der Waals surface area contributed by atoms with Gasteiger partial charge in [-0.15, -0.1) is 0 Å². The fraction of sp³-hybridized carbons (Fsp3) is 0.538. The van der Waals surface area contributed by atoms with E-state index in [2.05, 4.69) is 50.3 Å². The Kier molecular flexibility index (Phi) is 9.57. The third kappa shape index (κ3) is 5.84. The van der Waals surface area contributed by atoms with Crippen molar-refractivity contribution in [3.8, 4) is 12.1 Å². The van der Waals surface area contributed by atoms with E-state index in [-0.39, 0.29) is 0 Å². The smallest absolute Gasteiger partial charge is 0.0669 e. The van der Waals surface area contributed by atoms with Gasteiger partial charge in [-0.3, -0.25) is 0 Å². The number of unbranched alkanes of at least 4 members (excludes halogenated alkanes) is 6. The molecule has 2 aromatic carbocycles. The van der Waals surface area contributed by atoms with Gasteiger partial charge in [-0.05, 0) is 58.7 Å². The van der Waals surface area contributed by atoms with Crippen LogP contribution < -0.4 is 0 Å². The van der Waals surface area contributed by atoms with Gasteiger partial charge in [0.15, 0.2) is 0 Å². The van der Waals surface area contributed by atoms with Crippen LogP contribution in [0.1, 0.15) is 87.5 Å². The topological polar surface area (TPSA) is 47.6 Å². The first-order chi connectivity index (χ1) is 13.8. The minimum absolute atomic E-state index is 0.477. The molecular formula is C26H34N2. The van der Waals surface area contributed by atoms with Crippen LogP contribution in [-0.4, -0.2) is 0 Å². The summed E-state index contributed by atoms with van der Waals surface area (Å²) >= 11 is 0. The lowest BCUT2D eigenvalue weighted by Gasteiger charge is -2.17. The maximum atomic E-state index is 9.28. The molecule has 0 heterocycles. The number of hydrogen-bond acceptors (Lipinski definition) is 2. The molecule has 2 aromatic rings. The molecule has 0 saturated heterocycles. The molecule has 148 valence electrons. The molecule has 2 rings (SSSR count). The summed E-state index contributed by atoms with van der Waals surface area (Å²) in [5.41, 5.74) is 5.06. The van der Waals surface area contributed by atoms with E-state index in [4.69, 9.17) is 0 Å². The lowest BCUT2D eigenvalue weighted by Crippen LogP contribution is -2.01. The highest BCUT2D eigenvalue weighted by Crippen LogP contribution is 2.31. The molecule has 2 nitrogen and oxygen atoms in total. The third-order valence-corrected chi connectivity index (χ3v) is 5.72. The monoisotopic (exact) mass is 374 g/mol. The number of nitrogens with zero attached hydrogens (tertiary/aromatic N) is 2. The SMILES string of the molecule is CCCCCCc1c(CC#N)ccc2c(CCCCCC)c(CC#N)ccc12. The van der Waals surface area contributed by atoms with Crippen LogP contribution in [0.2, 0.25) is 0 Å². The molecule has 0 atom stereocenters. The average molecular weight is 375 g/mol. The molecule has 0 saturated carbocycles. The van der Waals surface area contributed by atoms with Crippen LogP contribution in [0.15, 0.2) is 24.3 Å². The van der Waals surface area contributed by atoms with Crippen LogP contribution in [0.3, 0.4) is 0 Å². The number of fused-ring (bicyclic) bond motifs is 1. The Labute approximate surface area is 171 Å². The minimum Gasteiger partial charge on any atom is -0.198 e. The zero-order valence-electron chi connectivity index (χ0n) is 17.7. The average Bonchev–Trinajstić information content (AvgIpc) is 2.71. The molecule has 2 heteroatoms. The molecule has 0 unspecified atom stereocenters. The van der Waals surface area contributed by atoms with E-state index in [1.807, 2.05) is 0 Å². The van der Waals surface area contributed by atoms with Crippen molar-refractivity contribution in [1.82, 2.24) is 0 Å². The predicted octanol–water partition coefficient (Wildman–Crippen LogP) is 7.22. The molecule has 0 aromatic heterocycles. The number of hydrogen-bond donors (Lipinski definition) is 0. The van der Waals surface area contributed by atoms with Gasteiger partial charge in [0.2, 0.25) is 0 Å². The van der Waals surface area contributed by atoms with Crippen molar-refractivity contribution in [3.63, 3.8) is 0 Å². The highest BCUT2D eigenvalue weighted by atomic mass is 14.3. The van der Waals surface area contributed by atoms with Crippen molar-refractivity contribution < 1.29 is 0 Å². The van der Waals surface area contributed by atoms with Crippen molar-refractivity contribution in [2.45, 2.75) is 90.9 Å². The molecular weight excluding hydrogens is 340 g/mol. The van der Waals surface area contributed by atoms with E-state index in [0.717, 1.165) is 12.8 Å². The maximum absolute atomic E-state index is 9.28. The second kappa shape index (κ2) is 12.2. The summed E-state index contributed by atoms with van der Waals surface area (Å²) in [6.45, 7) is 4.47. The van der Waals surface area contributed by atoms with Crippen molar-refractivity contribution >= 4 is 10.8 Å². The van der Waals surface area contributed by atoms with Crippen molar-refractivity contribution in [2.24, 2.45) is 0 Å². The second-order valence-corrected chi connectivity index (χ2v) is 7.79. The minimum atomic E-state index is 0.477. The summed E-state index contributed by atoms with van der Waals surface area (Å²) < 4.78 is 0. The van der Waals surface area contributed by atoms with Crippen LogP contribution >= 0.6 is 0 Å². The van der Waals surface area contributed by atoms with Gasteiger partial charge < -0.3 is 0 Å². The Hall–Kier alpha value is -2.32. The number of nitriles is 2. The van der Waals surface area contributed by atoms with Gasteiger partial charge in [0, 0.05) is 0 Å². The molecule has 0 aliphatic heterocycles. The van der Waals surface area contributed by atoms with Gasteiger partial charge in [0.25, 0.3) is 0 Å². The molecule has 0 amide bonds. The Balaban J connectivity index is 2.44. The van der Waals surface area contributed by atoms with Crippen LogP contribution in [0.4, 0.5) is 0 Å². The van der Waals surface area contributed by atoms with Crippen LogP contribution in [0, 0.1) is 22.7 Å². The molecule has 28 heavy (non-hydrogen) atoms. The summed E-state index contributed by atoms with van der Waals surface area (Å²) in [5, 5.41) is 21.2. The Morgan fingerprint density at radius 2 is 1.04 bits per heavy atom. The fourth-order valence-electron chi connectivity index (χ4n) is 4.17. The predicted molar refractivity (Wildman–Crippen MR) is 118 cm³/mol. The quantitative estimate of drug-likeness (QED) is 0.368. The van der Waals surface area contributed by atoms with Gasteiger partial charge in [0.1, 0.15) is 0 Å². The summed E-state index contributed by atoms with van der Waals surface area (Å²) in [4.78, 5) is 0. The lowest BCUT2D eigenvalue weighted by molar-refractivity contribution is 0.665. The number of aryl methyl sites for hydroxylation is 2.